The zero-order valence-corrected chi connectivity index (χ0v) is 13.5. The molecule has 1 heterocycles. The van der Waals surface area contributed by atoms with E-state index in [-0.39, 0.29) is 5.02 Å². The van der Waals surface area contributed by atoms with E-state index in [1.807, 2.05) is 4.57 Å². The van der Waals surface area contributed by atoms with Gasteiger partial charge in [-0.25, -0.2) is 9.37 Å². The van der Waals surface area contributed by atoms with Gasteiger partial charge in [0.15, 0.2) is 0 Å². The Kier molecular flexibility index (Phi) is 5.06. The van der Waals surface area contributed by atoms with Gasteiger partial charge in [-0.15, -0.1) is 0 Å². The lowest BCUT2D eigenvalue weighted by molar-refractivity contribution is 0.266. The number of unbranched alkanes of at least 4 members (excludes halogenated alkanes) is 1. The van der Waals surface area contributed by atoms with Gasteiger partial charge < -0.3 is 15.2 Å². The summed E-state index contributed by atoms with van der Waals surface area (Å²) in [5.41, 5.74) is 7.26. The number of hydrogen-bond acceptors (Lipinski definition) is 3. The third-order valence-electron chi connectivity index (χ3n) is 3.84. The molecule has 0 saturated heterocycles. The van der Waals surface area contributed by atoms with Gasteiger partial charge in [0.05, 0.1) is 16.1 Å². The van der Waals surface area contributed by atoms with E-state index in [0.717, 1.165) is 31.4 Å². The second-order valence-electron chi connectivity index (χ2n) is 5.66. The van der Waals surface area contributed by atoms with Crippen LogP contribution in [0.5, 0.6) is 0 Å². The second-order valence-corrected chi connectivity index (χ2v) is 6.07. The average Bonchev–Trinajstić information content (AvgIpc) is 2.70. The number of rotatable bonds is 6. The van der Waals surface area contributed by atoms with E-state index in [0.29, 0.717) is 17.5 Å². The first-order chi connectivity index (χ1) is 9.90. The van der Waals surface area contributed by atoms with Crippen molar-refractivity contribution in [2.24, 2.45) is 0 Å². The summed E-state index contributed by atoms with van der Waals surface area (Å²) in [5, 5.41) is 0.100. The van der Waals surface area contributed by atoms with Crippen LogP contribution in [0.15, 0.2) is 12.1 Å². The van der Waals surface area contributed by atoms with Crippen molar-refractivity contribution in [1.82, 2.24) is 14.5 Å². The molecule has 0 aliphatic rings. The minimum atomic E-state index is -0.465. The van der Waals surface area contributed by atoms with Gasteiger partial charge in [0.1, 0.15) is 5.82 Å². The molecule has 0 unspecified atom stereocenters. The quantitative estimate of drug-likeness (QED) is 0.830. The first-order valence-electron chi connectivity index (χ1n) is 7.21. The zero-order valence-electron chi connectivity index (χ0n) is 12.7. The van der Waals surface area contributed by atoms with Crippen LogP contribution in [0, 0.1) is 5.82 Å². The molecule has 21 heavy (non-hydrogen) atoms. The maximum absolute atomic E-state index is 13.4. The van der Waals surface area contributed by atoms with E-state index in [4.69, 9.17) is 17.3 Å². The molecule has 0 spiro atoms. The van der Waals surface area contributed by atoms with Crippen molar-refractivity contribution in [2.45, 2.75) is 39.3 Å². The van der Waals surface area contributed by atoms with Gasteiger partial charge in [-0.05, 0) is 46.3 Å². The molecule has 2 rings (SSSR count). The fourth-order valence-corrected chi connectivity index (χ4v) is 2.42. The van der Waals surface area contributed by atoms with E-state index in [2.05, 4.69) is 30.8 Å². The Bertz CT molecular complexity index is 624. The Morgan fingerprint density at radius 3 is 2.76 bits per heavy atom. The lowest BCUT2D eigenvalue weighted by atomic mass is 10.2. The third kappa shape index (κ3) is 3.66. The molecular formula is C15H22ClFN4. The standard InChI is InChI=1S/C15H22ClFN4/c1-10(2)20(3)6-4-5-7-21-14-8-11(16)12(17)9-13(14)19-15(21)18/h8-10H,4-7H2,1-3H3,(H2,18,19). The molecule has 0 atom stereocenters. The first kappa shape index (κ1) is 16.0. The highest BCUT2D eigenvalue weighted by Gasteiger charge is 2.11. The van der Waals surface area contributed by atoms with Crippen LogP contribution in [0.4, 0.5) is 10.3 Å². The van der Waals surface area contributed by atoms with Gasteiger partial charge in [0.2, 0.25) is 5.95 Å². The van der Waals surface area contributed by atoms with Gasteiger partial charge in [0.25, 0.3) is 0 Å². The molecule has 0 aliphatic carbocycles. The number of halogens is 2. The van der Waals surface area contributed by atoms with Crippen LogP contribution in [0.1, 0.15) is 26.7 Å². The summed E-state index contributed by atoms with van der Waals surface area (Å²) in [6.45, 7) is 6.16. The number of fused-ring (bicyclic) bond motifs is 1. The van der Waals surface area contributed by atoms with Gasteiger partial charge in [-0.3, -0.25) is 0 Å². The van der Waals surface area contributed by atoms with E-state index < -0.39 is 5.82 Å². The molecule has 116 valence electrons. The van der Waals surface area contributed by atoms with Crippen LogP contribution in [0.3, 0.4) is 0 Å². The van der Waals surface area contributed by atoms with E-state index in [1.165, 1.54) is 6.07 Å². The first-order valence-corrected chi connectivity index (χ1v) is 7.59. The number of hydrogen-bond donors (Lipinski definition) is 1. The van der Waals surface area contributed by atoms with Crippen molar-refractivity contribution < 1.29 is 4.39 Å². The molecule has 0 fully saturated rings. The molecule has 0 saturated carbocycles. The highest BCUT2D eigenvalue weighted by Crippen LogP contribution is 2.25. The van der Waals surface area contributed by atoms with Crippen LogP contribution in [-0.2, 0) is 6.54 Å². The summed E-state index contributed by atoms with van der Waals surface area (Å²) in [4.78, 5) is 6.50. The SMILES string of the molecule is CC(C)N(C)CCCCn1c(N)nc2cc(F)c(Cl)cc21. The molecule has 1 aromatic carbocycles. The number of nitrogens with zero attached hydrogens (tertiary/aromatic N) is 3. The van der Waals surface area contributed by atoms with Gasteiger partial charge in [-0.2, -0.15) is 0 Å². The summed E-state index contributed by atoms with van der Waals surface area (Å²) in [5.74, 6) is -0.0590. The highest BCUT2D eigenvalue weighted by atomic mass is 35.5. The number of benzene rings is 1. The van der Waals surface area contributed by atoms with Gasteiger partial charge in [-0.1, -0.05) is 11.6 Å². The number of aryl methyl sites for hydroxylation is 1. The van der Waals surface area contributed by atoms with Crippen molar-refractivity contribution in [3.05, 3.63) is 23.0 Å². The largest absolute Gasteiger partial charge is 0.369 e. The Labute approximate surface area is 129 Å². The maximum atomic E-state index is 13.4. The Hall–Kier alpha value is -1.33. The normalized spacial score (nSPS) is 12.0. The summed E-state index contributed by atoms with van der Waals surface area (Å²) < 4.78 is 15.3. The lowest BCUT2D eigenvalue weighted by Crippen LogP contribution is -2.27. The number of nitrogen functional groups attached to an aromatic ring is 1. The summed E-state index contributed by atoms with van der Waals surface area (Å²) >= 11 is 5.84. The molecule has 2 aromatic rings. The topological polar surface area (TPSA) is 47.1 Å². The second kappa shape index (κ2) is 6.62. The molecular weight excluding hydrogens is 291 g/mol. The molecule has 0 bridgehead atoms. The monoisotopic (exact) mass is 312 g/mol. The molecule has 4 nitrogen and oxygen atoms in total. The predicted octanol–water partition coefficient (Wildman–Crippen LogP) is 3.53. The third-order valence-corrected chi connectivity index (χ3v) is 4.13. The lowest BCUT2D eigenvalue weighted by Gasteiger charge is -2.20. The molecule has 1 aromatic heterocycles. The summed E-state index contributed by atoms with van der Waals surface area (Å²) in [7, 11) is 2.12. The number of nitrogens with two attached hydrogens (primary N) is 1. The number of aromatic nitrogens is 2. The number of anilines is 1. The Morgan fingerprint density at radius 2 is 2.10 bits per heavy atom. The summed E-state index contributed by atoms with van der Waals surface area (Å²) in [6, 6.07) is 3.47. The van der Waals surface area contributed by atoms with Crippen molar-refractivity contribution in [2.75, 3.05) is 19.3 Å². The fourth-order valence-electron chi connectivity index (χ4n) is 2.26. The number of imidazole rings is 1. The van der Waals surface area contributed by atoms with Crippen LogP contribution in [-0.4, -0.2) is 34.1 Å². The van der Waals surface area contributed by atoms with Crippen LogP contribution >= 0.6 is 11.6 Å². The minimum Gasteiger partial charge on any atom is -0.369 e. The van der Waals surface area contributed by atoms with Crippen molar-refractivity contribution in [3.63, 3.8) is 0 Å². The van der Waals surface area contributed by atoms with Gasteiger partial charge in [0, 0.05) is 18.7 Å². The summed E-state index contributed by atoms with van der Waals surface area (Å²) in [6.07, 6.45) is 2.06. The zero-order chi connectivity index (χ0) is 15.6. The van der Waals surface area contributed by atoms with Gasteiger partial charge >= 0.3 is 0 Å². The van der Waals surface area contributed by atoms with E-state index in [9.17, 15) is 4.39 Å². The van der Waals surface area contributed by atoms with E-state index in [1.54, 1.807) is 6.07 Å². The molecule has 0 amide bonds. The van der Waals surface area contributed by atoms with Crippen LogP contribution < -0.4 is 5.73 Å². The Balaban J connectivity index is 2.05. The van der Waals surface area contributed by atoms with Crippen LogP contribution in [0.2, 0.25) is 5.02 Å². The highest BCUT2D eigenvalue weighted by molar-refractivity contribution is 6.31. The minimum absolute atomic E-state index is 0.100. The van der Waals surface area contributed by atoms with Crippen molar-refractivity contribution in [1.29, 1.82) is 0 Å². The smallest absolute Gasteiger partial charge is 0.201 e. The van der Waals surface area contributed by atoms with Crippen LogP contribution in [0.25, 0.3) is 11.0 Å². The molecule has 0 aliphatic heterocycles. The molecule has 6 heteroatoms. The Morgan fingerprint density at radius 1 is 1.38 bits per heavy atom. The maximum Gasteiger partial charge on any atom is 0.201 e. The molecule has 0 radical (unpaired) electrons. The van der Waals surface area contributed by atoms with E-state index >= 15 is 0 Å². The average molecular weight is 313 g/mol. The fraction of sp³-hybridized carbons (Fsp3) is 0.533. The van der Waals surface area contributed by atoms with Crippen molar-refractivity contribution >= 4 is 28.6 Å². The predicted molar refractivity (Wildman–Crippen MR) is 86.1 cm³/mol. The molecule has 2 N–H and O–H groups in total. The van der Waals surface area contributed by atoms with Crippen molar-refractivity contribution in [3.8, 4) is 0 Å².